The molecule has 0 saturated carbocycles. The molecule has 0 aliphatic carbocycles. The van der Waals surface area contributed by atoms with Crippen LogP contribution in [0.1, 0.15) is 22.3 Å². The molecule has 0 saturated heterocycles. The van der Waals surface area contributed by atoms with Crippen LogP contribution in [-0.4, -0.2) is 0 Å². The first-order chi connectivity index (χ1) is 9.63. The summed E-state index contributed by atoms with van der Waals surface area (Å²) in [6.45, 7) is 6.64. The molecule has 3 aromatic carbocycles. The SMILES string of the molecule is Cc1c(C)c(/C=C/Br)c2cc3ccccc3cc2c1C. The normalized spacial score (nSPS) is 11.8. The largest absolute Gasteiger partial charge is 0.0616 e. The van der Waals surface area contributed by atoms with Crippen LogP contribution in [0.3, 0.4) is 0 Å². The van der Waals surface area contributed by atoms with E-state index in [1.165, 1.54) is 43.8 Å². The second-order valence-electron chi connectivity index (χ2n) is 5.33. The van der Waals surface area contributed by atoms with Gasteiger partial charge in [0, 0.05) is 0 Å². The molecule has 100 valence electrons. The summed E-state index contributed by atoms with van der Waals surface area (Å²) in [5.74, 6) is 0. The summed E-state index contributed by atoms with van der Waals surface area (Å²) in [7, 11) is 0. The Kier molecular flexibility index (Phi) is 3.39. The van der Waals surface area contributed by atoms with Gasteiger partial charge in [-0.2, -0.15) is 0 Å². The number of hydrogen-bond acceptors (Lipinski definition) is 0. The van der Waals surface area contributed by atoms with Gasteiger partial charge in [-0.05, 0) is 87.8 Å². The number of rotatable bonds is 1. The van der Waals surface area contributed by atoms with E-state index in [4.69, 9.17) is 0 Å². The molecule has 0 aromatic heterocycles. The van der Waals surface area contributed by atoms with Crippen molar-refractivity contribution in [2.24, 2.45) is 0 Å². The van der Waals surface area contributed by atoms with Gasteiger partial charge in [-0.25, -0.2) is 0 Å². The molecule has 0 aliphatic rings. The van der Waals surface area contributed by atoms with Crippen molar-refractivity contribution < 1.29 is 0 Å². The summed E-state index contributed by atoms with van der Waals surface area (Å²) < 4.78 is 0. The maximum atomic E-state index is 3.42. The summed E-state index contributed by atoms with van der Waals surface area (Å²) in [5, 5.41) is 5.29. The highest BCUT2D eigenvalue weighted by molar-refractivity contribution is 9.11. The molecule has 0 fully saturated rings. The van der Waals surface area contributed by atoms with E-state index in [0.717, 1.165) is 0 Å². The minimum atomic E-state index is 1.30. The fourth-order valence-electron chi connectivity index (χ4n) is 2.94. The van der Waals surface area contributed by atoms with Crippen molar-refractivity contribution in [3.8, 4) is 0 Å². The van der Waals surface area contributed by atoms with Gasteiger partial charge in [0.15, 0.2) is 0 Å². The molecule has 0 radical (unpaired) electrons. The lowest BCUT2D eigenvalue weighted by Crippen LogP contribution is -1.94. The monoisotopic (exact) mass is 324 g/mol. The quantitative estimate of drug-likeness (QED) is 0.462. The number of fused-ring (bicyclic) bond motifs is 2. The van der Waals surface area contributed by atoms with Crippen molar-refractivity contribution >= 4 is 43.6 Å². The molecule has 0 aliphatic heterocycles. The van der Waals surface area contributed by atoms with Gasteiger partial charge >= 0.3 is 0 Å². The standard InChI is InChI=1S/C19H17Br/c1-12-13(2)17(8-9-20)19-11-16-7-5-4-6-15(16)10-18(19)14(12)3/h4-11H,1-3H3/b9-8+. The van der Waals surface area contributed by atoms with Gasteiger partial charge in [-0.1, -0.05) is 40.2 Å². The average molecular weight is 325 g/mol. The molecular weight excluding hydrogens is 308 g/mol. The molecule has 0 bridgehead atoms. The molecule has 1 heteroatoms. The van der Waals surface area contributed by atoms with Gasteiger partial charge in [0.25, 0.3) is 0 Å². The molecule has 0 spiro atoms. The molecule has 0 N–H and O–H groups in total. The Bertz CT molecular complexity index is 841. The Hall–Kier alpha value is -1.60. The maximum absolute atomic E-state index is 3.42. The fraction of sp³-hybridized carbons (Fsp3) is 0.158. The van der Waals surface area contributed by atoms with E-state index < -0.39 is 0 Å². The van der Waals surface area contributed by atoms with Crippen molar-refractivity contribution in [2.45, 2.75) is 20.8 Å². The molecule has 3 aromatic rings. The Morgan fingerprint density at radius 3 is 2.00 bits per heavy atom. The first-order valence-corrected chi connectivity index (χ1v) is 7.74. The lowest BCUT2D eigenvalue weighted by Gasteiger charge is -2.15. The first-order valence-electron chi connectivity index (χ1n) is 6.82. The third-order valence-corrected chi connectivity index (χ3v) is 4.60. The topological polar surface area (TPSA) is 0 Å². The number of aryl methyl sites for hydroxylation is 1. The highest BCUT2D eigenvalue weighted by Crippen LogP contribution is 2.33. The summed E-state index contributed by atoms with van der Waals surface area (Å²) in [6, 6.07) is 13.2. The molecule has 0 atom stereocenters. The second kappa shape index (κ2) is 5.06. The number of halogens is 1. The third kappa shape index (κ3) is 1.97. The van der Waals surface area contributed by atoms with Gasteiger partial charge in [0.05, 0.1) is 0 Å². The highest BCUT2D eigenvalue weighted by atomic mass is 79.9. The van der Waals surface area contributed by atoms with Gasteiger partial charge in [0.1, 0.15) is 0 Å². The van der Waals surface area contributed by atoms with Gasteiger partial charge in [-0.15, -0.1) is 0 Å². The fourth-order valence-corrected chi connectivity index (χ4v) is 3.20. The van der Waals surface area contributed by atoms with Crippen LogP contribution in [0.4, 0.5) is 0 Å². The van der Waals surface area contributed by atoms with E-state index >= 15 is 0 Å². The van der Waals surface area contributed by atoms with Crippen LogP contribution >= 0.6 is 15.9 Å². The highest BCUT2D eigenvalue weighted by Gasteiger charge is 2.10. The van der Waals surface area contributed by atoms with Crippen LogP contribution in [0.15, 0.2) is 41.4 Å². The van der Waals surface area contributed by atoms with Crippen molar-refractivity contribution in [1.29, 1.82) is 0 Å². The van der Waals surface area contributed by atoms with E-state index in [-0.39, 0.29) is 0 Å². The number of hydrogen-bond donors (Lipinski definition) is 0. The van der Waals surface area contributed by atoms with E-state index in [2.05, 4.69) is 79.2 Å². The van der Waals surface area contributed by atoms with E-state index in [1.54, 1.807) is 0 Å². The van der Waals surface area contributed by atoms with Crippen LogP contribution in [0, 0.1) is 20.8 Å². The minimum absolute atomic E-state index is 1.30. The van der Waals surface area contributed by atoms with Gasteiger partial charge in [0.2, 0.25) is 0 Å². The molecule has 0 heterocycles. The summed E-state index contributed by atoms with van der Waals surface area (Å²) >= 11 is 3.42. The van der Waals surface area contributed by atoms with Crippen LogP contribution in [0.2, 0.25) is 0 Å². The Morgan fingerprint density at radius 2 is 1.40 bits per heavy atom. The second-order valence-corrected chi connectivity index (χ2v) is 5.85. The molecule has 3 rings (SSSR count). The van der Waals surface area contributed by atoms with Crippen molar-refractivity contribution in [2.75, 3.05) is 0 Å². The first kappa shape index (κ1) is 13.4. The van der Waals surface area contributed by atoms with Crippen LogP contribution in [0.25, 0.3) is 27.6 Å². The van der Waals surface area contributed by atoms with Crippen LogP contribution in [-0.2, 0) is 0 Å². The zero-order valence-corrected chi connectivity index (χ0v) is 13.6. The smallest absolute Gasteiger partial charge is 0.00993 e. The predicted octanol–water partition coefficient (Wildman–Crippen LogP) is 6.28. The van der Waals surface area contributed by atoms with E-state index in [9.17, 15) is 0 Å². The third-order valence-electron chi connectivity index (χ3n) is 4.34. The lowest BCUT2D eigenvalue weighted by molar-refractivity contribution is 1.29. The average Bonchev–Trinajstić information content (AvgIpc) is 2.48. The molecule has 0 unspecified atom stereocenters. The van der Waals surface area contributed by atoms with E-state index in [0.29, 0.717) is 0 Å². The van der Waals surface area contributed by atoms with Crippen molar-refractivity contribution in [3.05, 3.63) is 63.6 Å². The summed E-state index contributed by atoms with van der Waals surface area (Å²) in [4.78, 5) is 1.94. The lowest BCUT2D eigenvalue weighted by atomic mass is 9.89. The minimum Gasteiger partial charge on any atom is -0.0616 e. The Balaban J connectivity index is 2.56. The number of benzene rings is 3. The Labute approximate surface area is 128 Å². The molecule has 0 nitrogen and oxygen atoms in total. The van der Waals surface area contributed by atoms with Crippen LogP contribution < -0.4 is 0 Å². The summed E-state index contributed by atoms with van der Waals surface area (Å²) in [6.07, 6.45) is 2.15. The van der Waals surface area contributed by atoms with Crippen LogP contribution in [0.5, 0.6) is 0 Å². The zero-order valence-electron chi connectivity index (χ0n) is 12.0. The maximum Gasteiger partial charge on any atom is -0.00993 e. The van der Waals surface area contributed by atoms with Crippen molar-refractivity contribution in [1.82, 2.24) is 0 Å². The zero-order chi connectivity index (χ0) is 14.3. The van der Waals surface area contributed by atoms with Gasteiger partial charge in [-0.3, -0.25) is 0 Å². The molecular formula is C19H17Br. The van der Waals surface area contributed by atoms with E-state index in [1.807, 2.05) is 4.99 Å². The predicted molar refractivity (Wildman–Crippen MR) is 93.6 cm³/mol. The summed E-state index contributed by atoms with van der Waals surface area (Å²) in [5.41, 5.74) is 5.44. The molecule has 0 amide bonds. The van der Waals surface area contributed by atoms with Gasteiger partial charge < -0.3 is 0 Å². The van der Waals surface area contributed by atoms with Crippen molar-refractivity contribution in [3.63, 3.8) is 0 Å². The molecule has 20 heavy (non-hydrogen) atoms. The Morgan fingerprint density at radius 1 is 0.800 bits per heavy atom.